The minimum Gasteiger partial charge on any atom is -0.412 e. The molecular formula is H2EuNaOW. The third-order valence-electron chi connectivity index (χ3n) is 0. The van der Waals surface area contributed by atoms with E-state index < -0.39 is 0 Å². The van der Waals surface area contributed by atoms with Gasteiger partial charge in [-0.25, -0.2) is 0 Å². The molecular weight excluding hydrogens is 375 g/mol. The van der Waals surface area contributed by atoms with Crippen LogP contribution in [0.25, 0.3) is 0 Å². The van der Waals surface area contributed by atoms with Gasteiger partial charge in [0, 0.05) is 100.0 Å². The van der Waals surface area contributed by atoms with E-state index in [-0.39, 0.29) is 105 Å². The van der Waals surface area contributed by atoms with E-state index in [4.69, 9.17) is 0 Å². The van der Waals surface area contributed by atoms with Crippen LogP contribution < -0.4 is 0 Å². The SMILES string of the molecule is O.[Eu].[Na].[W]. The molecule has 0 unspecified atom stereocenters. The van der Waals surface area contributed by atoms with Crippen LogP contribution in [0, 0.1) is 49.4 Å². The third-order valence-corrected chi connectivity index (χ3v) is 0. The van der Waals surface area contributed by atoms with E-state index in [0.29, 0.717) is 0 Å². The maximum absolute atomic E-state index is 0. The van der Waals surface area contributed by atoms with Crippen LogP contribution in [0.1, 0.15) is 0 Å². The first-order chi connectivity index (χ1) is 0. The standard InChI is InChI=1S/Eu.Na.H2O.W/h;;1H2;. The Morgan fingerprint density at radius 2 is 1.00 bits per heavy atom. The fourth-order valence-electron chi connectivity index (χ4n) is 0. The Kier molecular flexibility index (Phi) is 110. The second-order valence-electron chi connectivity index (χ2n) is 0. The molecule has 0 saturated heterocycles. The Balaban J connectivity index is 0. The van der Waals surface area contributed by atoms with Crippen molar-refractivity contribution in [3.05, 3.63) is 0 Å². The normalized spacial score (nSPS) is 0. The van der Waals surface area contributed by atoms with E-state index >= 15 is 0 Å². The first kappa shape index (κ1) is 26.9. The summed E-state index contributed by atoms with van der Waals surface area (Å²) < 4.78 is 0. The van der Waals surface area contributed by atoms with E-state index in [2.05, 4.69) is 0 Å². The van der Waals surface area contributed by atoms with Gasteiger partial charge in [-0.2, -0.15) is 0 Å². The molecule has 0 bridgehead atoms. The smallest absolute Gasteiger partial charge is 0 e. The number of hydrogen-bond acceptors (Lipinski definition) is 0. The Labute approximate surface area is 103 Å². The molecule has 0 saturated carbocycles. The van der Waals surface area contributed by atoms with Crippen molar-refractivity contribution in [2.45, 2.75) is 0 Å². The Hall–Kier alpha value is 3.23. The van der Waals surface area contributed by atoms with Crippen LogP contribution in [0.4, 0.5) is 0 Å². The third kappa shape index (κ3) is 8.97. The van der Waals surface area contributed by atoms with Gasteiger partial charge >= 0.3 is 0 Å². The van der Waals surface area contributed by atoms with E-state index in [1.807, 2.05) is 0 Å². The van der Waals surface area contributed by atoms with Crippen LogP contribution in [0.2, 0.25) is 0 Å². The van der Waals surface area contributed by atoms with Crippen molar-refractivity contribution in [1.29, 1.82) is 0 Å². The van der Waals surface area contributed by atoms with Gasteiger partial charge in [-0.15, -0.1) is 0 Å². The molecule has 0 spiro atoms. The van der Waals surface area contributed by atoms with Gasteiger partial charge in [0.05, 0.1) is 0 Å². The second-order valence-corrected chi connectivity index (χ2v) is 0. The van der Waals surface area contributed by atoms with E-state index in [1.54, 1.807) is 0 Å². The van der Waals surface area contributed by atoms with Gasteiger partial charge < -0.3 is 5.48 Å². The van der Waals surface area contributed by atoms with E-state index in [0.717, 1.165) is 0 Å². The molecule has 0 aliphatic heterocycles. The Morgan fingerprint density at radius 1 is 1.00 bits per heavy atom. The second kappa shape index (κ2) is 16.3. The zero-order valence-corrected chi connectivity index (χ0v) is 9.64. The molecule has 2 N–H and O–H groups in total. The summed E-state index contributed by atoms with van der Waals surface area (Å²) in [6, 6.07) is 0. The zero-order valence-electron chi connectivity index (χ0n) is 2.29. The Morgan fingerprint density at radius 3 is 1.00 bits per heavy atom. The van der Waals surface area contributed by atoms with Crippen LogP contribution >= 0.6 is 0 Å². The zero-order chi connectivity index (χ0) is 0. The number of rotatable bonds is 0. The van der Waals surface area contributed by atoms with Crippen molar-refractivity contribution >= 4 is 29.6 Å². The molecule has 0 aromatic heterocycles. The van der Waals surface area contributed by atoms with Gasteiger partial charge in [0.25, 0.3) is 0 Å². The minimum atomic E-state index is 0. The topological polar surface area (TPSA) is 31.5 Å². The molecule has 4 heavy (non-hydrogen) atoms. The van der Waals surface area contributed by atoms with Gasteiger partial charge in [-0.1, -0.05) is 0 Å². The summed E-state index contributed by atoms with van der Waals surface area (Å²) in [6.07, 6.45) is 0. The first-order valence-electron chi connectivity index (χ1n) is 0. The molecule has 0 aliphatic carbocycles. The van der Waals surface area contributed by atoms with Crippen LogP contribution in [0.3, 0.4) is 0 Å². The summed E-state index contributed by atoms with van der Waals surface area (Å²) >= 11 is 0. The average Bonchev–Trinajstić information content (AvgIpc) is 0. The monoisotopic (exact) mass is 378 g/mol. The predicted molar refractivity (Wildman–Crippen MR) is 9.37 cm³/mol. The maximum atomic E-state index is 0. The molecule has 0 fully saturated rings. The van der Waals surface area contributed by atoms with Crippen LogP contribution in [-0.4, -0.2) is 35.0 Å². The molecule has 0 atom stereocenters. The van der Waals surface area contributed by atoms with Gasteiger partial charge in [-0.3, -0.25) is 0 Å². The average molecular weight is 377 g/mol. The van der Waals surface area contributed by atoms with Crippen LogP contribution in [0.15, 0.2) is 0 Å². The fourth-order valence-corrected chi connectivity index (χ4v) is 0. The molecule has 1 nitrogen and oxygen atoms in total. The summed E-state index contributed by atoms with van der Waals surface area (Å²) in [4.78, 5) is 0. The molecule has 0 aromatic rings. The first-order valence-corrected chi connectivity index (χ1v) is 0. The summed E-state index contributed by atoms with van der Waals surface area (Å²) in [6.45, 7) is 0. The quantitative estimate of drug-likeness (QED) is 0.475. The van der Waals surface area contributed by atoms with Gasteiger partial charge in [0.15, 0.2) is 0 Å². The summed E-state index contributed by atoms with van der Waals surface area (Å²) in [7, 11) is 0. The molecule has 0 aromatic carbocycles. The van der Waals surface area contributed by atoms with Crippen molar-refractivity contribution in [2.75, 3.05) is 0 Å². The molecule has 0 rings (SSSR count). The van der Waals surface area contributed by atoms with Crippen LogP contribution in [0.5, 0.6) is 0 Å². The predicted octanol–water partition coefficient (Wildman–Crippen LogP) is -1.21. The maximum Gasteiger partial charge on any atom is 0 e. The van der Waals surface area contributed by atoms with Crippen molar-refractivity contribution in [3.63, 3.8) is 0 Å². The number of hydrogen-bond donors (Lipinski definition) is 0. The molecule has 22 valence electrons. The summed E-state index contributed by atoms with van der Waals surface area (Å²) in [5, 5.41) is 0. The van der Waals surface area contributed by atoms with Crippen molar-refractivity contribution in [3.8, 4) is 0 Å². The van der Waals surface area contributed by atoms with Gasteiger partial charge in [0.2, 0.25) is 0 Å². The van der Waals surface area contributed by atoms with Gasteiger partial charge in [-0.05, 0) is 0 Å². The molecule has 0 heterocycles. The van der Waals surface area contributed by atoms with Gasteiger partial charge in [0.1, 0.15) is 0 Å². The Bertz CT molecular complexity index is 8.00. The van der Waals surface area contributed by atoms with E-state index in [1.165, 1.54) is 0 Å². The molecule has 4 heteroatoms. The van der Waals surface area contributed by atoms with Crippen LogP contribution in [-0.2, 0) is 21.1 Å². The minimum absolute atomic E-state index is 0. The summed E-state index contributed by atoms with van der Waals surface area (Å²) in [5.41, 5.74) is 0. The van der Waals surface area contributed by atoms with Crippen molar-refractivity contribution < 1.29 is 75.9 Å². The van der Waals surface area contributed by atoms with E-state index in [9.17, 15) is 0 Å². The molecule has 0 aliphatic rings. The molecule has 2 radical (unpaired) electrons. The van der Waals surface area contributed by atoms with Crippen molar-refractivity contribution in [1.82, 2.24) is 0 Å². The molecule has 0 amide bonds. The van der Waals surface area contributed by atoms with Crippen molar-refractivity contribution in [2.24, 2.45) is 0 Å². The fraction of sp³-hybridized carbons (Fsp3) is 0. The largest absolute Gasteiger partial charge is 0.412 e. The summed E-state index contributed by atoms with van der Waals surface area (Å²) in [5.74, 6) is 0.